The summed E-state index contributed by atoms with van der Waals surface area (Å²) < 4.78 is 18.0. The zero-order valence-electron chi connectivity index (χ0n) is 13.6. The molecule has 2 atom stereocenters. The first kappa shape index (κ1) is 16.5. The Labute approximate surface area is 118 Å². The Balaban J connectivity index is 2.63. The van der Waals surface area contributed by atoms with Crippen molar-refractivity contribution >= 4 is 0 Å². The average molecular weight is 270 g/mol. The van der Waals surface area contributed by atoms with Gasteiger partial charge in [0.1, 0.15) is 0 Å². The molecule has 0 amide bonds. The van der Waals surface area contributed by atoms with E-state index in [2.05, 4.69) is 41.5 Å². The Morgan fingerprint density at radius 1 is 1.16 bits per heavy atom. The maximum atomic E-state index is 6.31. The lowest BCUT2D eigenvalue weighted by Gasteiger charge is -2.56. The summed E-state index contributed by atoms with van der Waals surface area (Å²) in [5.74, 6) is 0. The van der Waals surface area contributed by atoms with E-state index >= 15 is 0 Å². The van der Waals surface area contributed by atoms with Crippen LogP contribution in [0.1, 0.15) is 61.3 Å². The molecule has 1 saturated heterocycles. The molecule has 0 spiro atoms. The summed E-state index contributed by atoms with van der Waals surface area (Å²) in [7, 11) is 0. The van der Waals surface area contributed by atoms with Crippen LogP contribution in [0.2, 0.25) is 0 Å². The van der Waals surface area contributed by atoms with Gasteiger partial charge in [0.15, 0.2) is 0 Å². The predicted octanol–water partition coefficient (Wildman–Crippen LogP) is 4.07. The predicted molar refractivity (Wildman–Crippen MR) is 78.2 cm³/mol. The van der Waals surface area contributed by atoms with Crippen molar-refractivity contribution in [2.45, 2.75) is 84.2 Å². The van der Waals surface area contributed by atoms with Gasteiger partial charge in [-0.1, -0.05) is 6.08 Å². The highest BCUT2D eigenvalue weighted by atomic mass is 16.6. The standard InChI is InChI=1S/C16H30O3/c1-8-11-17-12-9-10-16(7)15(5,6)19-14(3,4)13(2)18-16/h8,11,13H,9-10,12H2,1-7H3. The van der Waals surface area contributed by atoms with Crippen LogP contribution >= 0.6 is 0 Å². The molecule has 0 N–H and O–H groups in total. The van der Waals surface area contributed by atoms with E-state index in [1.54, 1.807) is 6.26 Å². The van der Waals surface area contributed by atoms with Crippen molar-refractivity contribution in [1.82, 2.24) is 0 Å². The van der Waals surface area contributed by atoms with Gasteiger partial charge in [0.2, 0.25) is 0 Å². The van der Waals surface area contributed by atoms with Crippen molar-refractivity contribution in [3.63, 3.8) is 0 Å². The number of rotatable bonds is 5. The van der Waals surface area contributed by atoms with Crippen LogP contribution in [0, 0.1) is 0 Å². The molecular weight excluding hydrogens is 240 g/mol. The zero-order chi connectivity index (χ0) is 14.7. The highest BCUT2D eigenvalue weighted by molar-refractivity contribution is 5.01. The monoisotopic (exact) mass is 270 g/mol. The smallest absolute Gasteiger partial charge is 0.0944 e. The summed E-state index contributed by atoms with van der Waals surface area (Å²) in [6.45, 7) is 15.3. The van der Waals surface area contributed by atoms with Crippen LogP contribution < -0.4 is 0 Å². The van der Waals surface area contributed by atoms with Gasteiger partial charge >= 0.3 is 0 Å². The number of hydrogen-bond donors (Lipinski definition) is 0. The average Bonchev–Trinajstić information content (AvgIpc) is 2.25. The van der Waals surface area contributed by atoms with Crippen LogP contribution in [0.3, 0.4) is 0 Å². The van der Waals surface area contributed by atoms with Crippen LogP contribution in [0.4, 0.5) is 0 Å². The van der Waals surface area contributed by atoms with Gasteiger partial charge in [-0.05, 0) is 61.3 Å². The molecule has 1 heterocycles. The summed E-state index contributed by atoms with van der Waals surface area (Å²) in [4.78, 5) is 0. The second-order valence-corrected chi connectivity index (χ2v) is 6.65. The van der Waals surface area contributed by atoms with E-state index in [1.807, 2.05) is 13.0 Å². The van der Waals surface area contributed by atoms with Crippen molar-refractivity contribution in [2.24, 2.45) is 0 Å². The number of ether oxygens (including phenoxy) is 3. The molecule has 1 aliphatic heterocycles. The van der Waals surface area contributed by atoms with E-state index in [0.29, 0.717) is 0 Å². The molecule has 112 valence electrons. The molecule has 0 bridgehead atoms. The minimum absolute atomic E-state index is 0.0852. The lowest BCUT2D eigenvalue weighted by Crippen LogP contribution is -2.64. The molecule has 1 fully saturated rings. The van der Waals surface area contributed by atoms with Crippen LogP contribution in [0.15, 0.2) is 12.3 Å². The molecule has 1 rings (SSSR count). The van der Waals surface area contributed by atoms with Crippen molar-refractivity contribution in [1.29, 1.82) is 0 Å². The van der Waals surface area contributed by atoms with E-state index in [4.69, 9.17) is 14.2 Å². The summed E-state index contributed by atoms with van der Waals surface area (Å²) in [5, 5.41) is 0. The Bertz CT molecular complexity index is 320. The third-order valence-electron chi connectivity index (χ3n) is 4.36. The number of allylic oxidation sites excluding steroid dienone is 1. The highest BCUT2D eigenvalue weighted by Gasteiger charge is 2.53. The van der Waals surface area contributed by atoms with Crippen molar-refractivity contribution in [3.8, 4) is 0 Å². The Morgan fingerprint density at radius 3 is 2.37 bits per heavy atom. The van der Waals surface area contributed by atoms with Gasteiger partial charge in [0.05, 0.1) is 35.8 Å². The van der Waals surface area contributed by atoms with E-state index in [9.17, 15) is 0 Å². The van der Waals surface area contributed by atoms with Gasteiger partial charge in [0.25, 0.3) is 0 Å². The van der Waals surface area contributed by atoms with E-state index in [0.717, 1.165) is 19.4 Å². The molecule has 2 unspecified atom stereocenters. The van der Waals surface area contributed by atoms with Crippen LogP contribution in [0.5, 0.6) is 0 Å². The third-order valence-corrected chi connectivity index (χ3v) is 4.36. The summed E-state index contributed by atoms with van der Waals surface area (Å²) in [5.41, 5.74) is -0.824. The van der Waals surface area contributed by atoms with Gasteiger partial charge in [0, 0.05) is 0 Å². The zero-order valence-corrected chi connectivity index (χ0v) is 13.6. The Kier molecular flexibility index (Phi) is 5.08. The molecule has 3 nitrogen and oxygen atoms in total. The second-order valence-electron chi connectivity index (χ2n) is 6.65. The maximum Gasteiger partial charge on any atom is 0.0944 e. The summed E-state index contributed by atoms with van der Waals surface area (Å²) in [6, 6.07) is 0. The van der Waals surface area contributed by atoms with Crippen LogP contribution in [0.25, 0.3) is 0 Å². The third kappa shape index (κ3) is 3.73. The van der Waals surface area contributed by atoms with E-state index < -0.39 is 0 Å². The van der Waals surface area contributed by atoms with Crippen molar-refractivity contribution in [2.75, 3.05) is 6.61 Å². The van der Waals surface area contributed by atoms with Crippen LogP contribution in [-0.4, -0.2) is 29.5 Å². The minimum Gasteiger partial charge on any atom is -0.502 e. The first-order valence-electron chi connectivity index (χ1n) is 7.25. The van der Waals surface area contributed by atoms with Gasteiger partial charge in [-0.3, -0.25) is 0 Å². The lowest BCUT2D eigenvalue weighted by molar-refractivity contribution is -0.328. The summed E-state index contributed by atoms with van der Waals surface area (Å²) in [6.07, 6.45) is 5.61. The van der Waals surface area contributed by atoms with E-state index in [-0.39, 0.29) is 22.9 Å². The second kappa shape index (κ2) is 5.84. The summed E-state index contributed by atoms with van der Waals surface area (Å²) >= 11 is 0. The normalized spacial score (nSPS) is 33.5. The van der Waals surface area contributed by atoms with E-state index in [1.165, 1.54) is 0 Å². The molecule has 3 heteroatoms. The maximum absolute atomic E-state index is 6.31. The molecule has 0 saturated carbocycles. The fourth-order valence-electron chi connectivity index (χ4n) is 2.54. The molecule has 0 aromatic rings. The fourth-order valence-corrected chi connectivity index (χ4v) is 2.54. The molecule has 0 aromatic carbocycles. The molecule has 0 aliphatic carbocycles. The fraction of sp³-hybridized carbons (Fsp3) is 0.875. The molecular formula is C16H30O3. The van der Waals surface area contributed by atoms with Gasteiger partial charge in [-0.2, -0.15) is 0 Å². The largest absolute Gasteiger partial charge is 0.502 e. The Hall–Kier alpha value is -0.540. The molecule has 1 aliphatic rings. The molecule has 19 heavy (non-hydrogen) atoms. The van der Waals surface area contributed by atoms with Crippen molar-refractivity contribution in [3.05, 3.63) is 12.3 Å². The number of hydrogen-bond acceptors (Lipinski definition) is 3. The molecule has 0 radical (unpaired) electrons. The van der Waals surface area contributed by atoms with Gasteiger partial charge < -0.3 is 14.2 Å². The topological polar surface area (TPSA) is 27.7 Å². The van der Waals surface area contributed by atoms with Crippen LogP contribution in [-0.2, 0) is 14.2 Å². The highest BCUT2D eigenvalue weighted by Crippen LogP contribution is 2.44. The first-order chi connectivity index (χ1) is 8.65. The van der Waals surface area contributed by atoms with Crippen molar-refractivity contribution < 1.29 is 14.2 Å². The SMILES string of the molecule is CC=COCCCC1(C)OC(C)C(C)(C)OC1(C)C. The first-order valence-corrected chi connectivity index (χ1v) is 7.25. The van der Waals surface area contributed by atoms with Gasteiger partial charge in [-0.15, -0.1) is 0 Å². The van der Waals surface area contributed by atoms with Gasteiger partial charge in [-0.25, -0.2) is 0 Å². The Morgan fingerprint density at radius 2 is 1.79 bits per heavy atom. The minimum atomic E-state index is -0.302. The quantitative estimate of drug-likeness (QED) is 0.557. The lowest BCUT2D eigenvalue weighted by atomic mass is 9.79. The molecule has 0 aromatic heterocycles.